The Balaban J connectivity index is 1.46. The van der Waals surface area contributed by atoms with Crippen LogP contribution in [0.15, 0.2) is 58.8 Å². The highest BCUT2D eigenvalue weighted by atomic mass is 32.2. The number of aromatic nitrogens is 2. The van der Waals surface area contributed by atoms with Gasteiger partial charge in [0.25, 0.3) is 5.92 Å². The third-order valence-electron chi connectivity index (χ3n) is 7.65. The number of aromatic carboxylic acids is 1. The SMILES string of the molecule is NS(=O)(=O)c1ccc(Cc2c(-c3cccc(C#CC4CC(F)(F)C4)c3)cc(-c3nc(C(=O)O)cs3)n2CC2CC2)cc1F. The van der Waals surface area contributed by atoms with E-state index in [-0.39, 0.29) is 30.9 Å². The molecule has 0 bridgehead atoms. The first-order chi connectivity index (χ1) is 20.4. The Morgan fingerprint density at radius 1 is 1.16 bits per heavy atom. The van der Waals surface area contributed by atoms with Crippen molar-refractivity contribution < 1.29 is 31.5 Å². The maximum Gasteiger partial charge on any atom is 0.355 e. The van der Waals surface area contributed by atoms with Crippen LogP contribution < -0.4 is 5.14 Å². The van der Waals surface area contributed by atoms with Crippen LogP contribution in [-0.4, -0.2) is 35.0 Å². The number of sulfonamides is 1. The molecule has 2 saturated carbocycles. The van der Waals surface area contributed by atoms with Crippen molar-refractivity contribution in [3.63, 3.8) is 0 Å². The summed E-state index contributed by atoms with van der Waals surface area (Å²) in [5, 5.41) is 16.6. The zero-order valence-corrected chi connectivity index (χ0v) is 24.3. The lowest BCUT2D eigenvalue weighted by Crippen LogP contribution is -2.34. The van der Waals surface area contributed by atoms with E-state index < -0.39 is 32.6 Å². The van der Waals surface area contributed by atoms with E-state index in [1.807, 2.05) is 24.3 Å². The van der Waals surface area contributed by atoms with Gasteiger partial charge in [-0.15, -0.1) is 11.3 Å². The third kappa shape index (κ3) is 6.39. The molecule has 6 rings (SSSR count). The summed E-state index contributed by atoms with van der Waals surface area (Å²) in [7, 11) is -4.24. The van der Waals surface area contributed by atoms with Crippen molar-refractivity contribution in [1.29, 1.82) is 0 Å². The molecule has 0 unspecified atom stereocenters. The predicted molar refractivity (Wildman–Crippen MR) is 156 cm³/mol. The molecule has 222 valence electrons. The van der Waals surface area contributed by atoms with Crippen LogP contribution in [0.2, 0.25) is 0 Å². The number of thiazole rings is 1. The van der Waals surface area contributed by atoms with E-state index in [1.54, 1.807) is 6.07 Å². The largest absolute Gasteiger partial charge is 0.476 e. The van der Waals surface area contributed by atoms with Gasteiger partial charge >= 0.3 is 5.97 Å². The molecule has 12 heteroatoms. The van der Waals surface area contributed by atoms with Crippen LogP contribution in [0.1, 0.15) is 53.0 Å². The van der Waals surface area contributed by atoms with Crippen molar-refractivity contribution >= 4 is 27.3 Å². The maximum absolute atomic E-state index is 14.8. The Bertz CT molecular complexity index is 1910. The molecule has 2 heterocycles. The number of rotatable bonds is 8. The van der Waals surface area contributed by atoms with Gasteiger partial charge in [0.1, 0.15) is 15.7 Å². The van der Waals surface area contributed by atoms with Gasteiger partial charge in [0.15, 0.2) is 5.69 Å². The summed E-state index contributed by atoms with van der Waals surface area (Å²) < 4.78 is 67.0. The van der Waals surface area contributed by atoms with Crippen LogP contribution >= 0.6 is 11.3 Å². The average molecular weight is 626 g/mol. The minimum Gasteiger partial charge on any atom is -0.476 e. The van der Waals surface area contributed by atoms with Crippen LogP contribution in [-0.2, 0) is 23.0 Å². The third-order valence-corrected chi connectivity index (χ3v) is 9.46. The normalized spacial score (nSPS) is 16.4. The monoisotopic (exact) mass is 625 g/mol. The molecule has 3 N–H and O–H groups in total. The van der Waals surface area contributed by atoms with Crippen molar-refractivity contribution in [3.05, 3.63) is 82.2 Å². The van der Waals surface area contributed by atoms with Gasteiger partial charge in [-0.3, -0.25) is 0 Å². The molecule has 0 spiro atoms. The number of hydrogen-bond acceptors (Lipinski definition) is 5. The van der Waals surface area contributed by atoms with Crippen LogP contribution in [0.5, 0.6) is 0 Å². The van der Waals surface area contributed by atoms with Crippen molar-refractivity contribution in [2.75, 3.05) is 0 Å². The molecular weight excluding hydrogens is 599 g/mol. The summed E-state index contributed by atoms with van der Waals surface area (Å²) in [4.78, 5) is 15.3. The van der Waals surface area contributed by atoms with Crippen molar-refractivity contribution in [2.24, 2.45) is 17.0 Å². The molecular formula is C31H26F3N3O4S2. The molecule has 2 aliphatic carbocycles. The second kappa shape index (κ2) is 11.0. The van der Waals surface area contributed by atoms with Gasteiger partial charge in [-0.2, -0.15) is 0 Å². The van der Waals surface area contributed by atoms with E-state index >= 15 is 0 Å². The summed E-state index contributed by atoms with van der Waals surface area (Å²) in [6.45, 7) is 0.639. The first-order valence-electron chi connectivity index (χ1n) is 13.6. The first kappa shape index (κ1) is 29.2. The van der Waals surface area contributed by atoms with Gasteiger partial charge in [-0.1, -0.05) is 30.0 Å². The Morgan fingerprint density at radius 2 is 1.93 bits per heavy atom. The molecule has 43 heavy (non-hydrogen) atoms. The molecule has 4 aromatic rings. The Kier molecular flexibility index (Phi) is 7.44. The van der Waals surface area contributed by atoms with Crippen molar-refractivity contribution in [2.45, 2.75) is 49.5 Å². The number of carboxylic acid groups (broad SMARTS) is 1. The number of halogens is 3. The summed E-state index contributed by atoms with van der Waals surface area (Å²) in [6.07, 6.45) is 1.81. The summed E-state index contributed by atoms with van der Waals surface area (Å²) in [5.74, 6) is 1.27. The zero-order valence-electron chi connectivity index (χ0n) is 22.7. The molecule has 0 atom stereocenters. The molecule has 2 aromatic carbocycles. The standard InChI is InChI=1S/C31H26F3N3O4S2/c32-24-11-20(8-9-28(24)43(35,40)41)12-26-23(22-3-1-2-18(10-22)4-7-21-14-31(33,34)15-21)13-27(37(26)16-19-5-6-19)29-36-25(17-42-29)30(38)39/h1-3,8-11,13,17,19,21H,5-6,12,14-16H2,(H,38,39)(H2,35,40,41). The molecule has 0 saturated heterocycles. The quantitative estimate of drug-likeness (QED) is 0.228. The van der Waals surface area contributed by atoms with Crippen LogP contribution in [0.25, 0.3) is 21.8 Å². The second-order valence-corrected chi connectivity index (χ2v) is 13.5. The van der Waals surface area contributed by atoms with Gasteiger partial charge in [0.2, 0.25) is 10.0 Å². The highest BCUT2D eigenvalue weighted by Gasteiger charge is 2.44. The molecule has 2 aromatic heterocycles. The number of alkyl halides is 2. The highest BCUT2D eigenvalue weighted by molar-refractivity contribution is 7.89. The van der Waals surface area contributed by atoms with Crippen LogP contribution in [0.4, 0.5) is 13.2 Å². The first-order valence-corrected chi connectivity index (χ1v) is 16.0. The Hall–Kier alpha value is -3.92. The molecule has 0 radical (unpaired) electrons. The number of nitrogens with zero attached hydrogens (tertiary/aromatic N) is 2. The van der Waals surface area contributed by atoms with E-state index in [0.717, 1.165) is 41.8 Å². The van der Waals surface area contributed by atoms with E-state index in [9.17, 15) is 31.5 Å². The molecule has 2 fully saturated rings. The van der Waals surface area contributed by atoms with E-state index in [0.29, 0.717) is 34.3 Å². The lowest BCUT2D eigenvalue weighted by Gasteiger charge is -2.31. The highest BCUT2D eigenvalue weighted by Crippen LogP contribution is 2.42. The van der Waals surface area contributed by atoms with Gasteiger partial charge in [0.05, 0.1) is 5.69 Å². The lowest BCUT2D eigenvalue weighted by molar-refractivity contribution is -0.0936. The topological polar surface area (TPSA) is 115 Å². The van der Waals surface area contributed by atoms with E-state index in [2.05, 4.69) is 21.4 Å². The predicted octanol–water partition coefficient (Wildman–Crippen LogP) is 6.16. The molecule has 0 aliphatic heterocycles. The van der Waals surface area contributed by atoms with E-state index in [4.69, 9.17) is 5.14 Å². The number of hydrogen-bond donors (Lipinski definition) is 2. The number of primary sulfonamides is 1. The minimum absolute atomic E-state index is 0.0678. The lowest BCUT2D eigenvalue weighted by atomic mass is 9.82. The number of benzene rings is 2. The van der Waals surface area contributed by atoms with Crippen LogP contribution in [0.3, 0.4) is 0 Å². The van der Waals surface area contributed by atoms with Gasteiger partial charge in [0, 0.05) is 53.9 Å². The Labute approximate surface area is 250 Å². The molecule has 2 aliphatic rings. The zero-order chi connectivity index (χ0) is 30.5. The summed E-state index contributed by atoms with van der Waals surface area (Å²) in [5.41, 5.74) is 4.19. The Morgan fingerprint density at radius 3 is 2.56 bits per heavy atom. The van der Waals surface area contributed by atoms with E-state index in [1.165, 1.54) is 22.8 Å². The summed E-state index contributed by atoms with van der Waals surface area (Å²) >= 11 is 1.21. The fourth-order valence-corrected chi connectivity index (χ4v) is 6.66. The molecule has 0 amide bonds. The number of nitrogens with two attached hydrogens (primary N) is 1. The van der Waals surface area contributed by atoms with Gasteiger partial charge < -0.3 is 9.67 Å². The van der Waals surface area contributed by atoms with Gasteiger partial charge in [-0.25, -0.2) is 36.5 Å². The fourth-order valence-electron chi connectivity index (χ4n) is 5.25. The maximum atomic E-state index is 14.8. The number of carboxylic acids is 1. The molecule has 7 nitrogen and oxygen atoms in total. The number of carbonyl (C=O) groups is 1. The van der Waals surface area contributed by atoms with Crippen LogP contribution in [0, 0.1) is 29.5 Å². The fraction of sp³-hybridized carbons (Fsp3) is 0.290. The smallest absolute Gasteiger partial charge is 0.355 e. The second-order valence-electron chi connectivity index (χ2n) is 11.1. The van der Waals surface area contributed by atoms with Crippen molar-refractivity contribution in [1.82, 2.24) is 9.55 Å². The van der Waals surface area contributed by atoms with Crippen molar-refractivity contribution in [3.8, 4) is 33.7 Å². The average Bonchev–Trinajstić information content (AvgIpc) is 3.48. The van der Waals surface area contributed by atoms with Gasteiger partial charge in [-0.05, 0) is 60.2 Å². The minimum atomic E-state index is -4.24. The summed E-state index contributed by atoms with van der Waals surface area (Å²) in [6, 6.07) is 13.1.